The highest BCUT2D eigenvalue weighted by molar-refractivity contribution is 6.00. The molecule has 3 heteroatoms. The SMILES string of the molecule is CC(NC1CCCCCC1)C(=O)c1ccc(N)cc1. The highest BCUT2D eigenvalue weighted by Crippen LogP contribution is 2.18. The number of nitrogens with two attached hydrogens (primary N) is 1. The second kappa shape index (κ2) is 6.71. The summed E-state index contributed by atoms with van der Waals surface area (Å²) in [6.45, 7) is 1.96. The van der Waals surface area contributed by atoms with Crippen LogP contribution in [0.25, 0.3) is 0 Å². The molecule has 0 saturated heterocycles. The van der Waals surface area contributed by atoms with Crippen LogP contribution in [0.15, 0.2) is 24.3 Å². The van der Waals surface area contributed by atoms with Crippen molar-refractivity contribution in [2.45, 2.75) is 57.5 Å². The zero-order valence-electron chi connectivity index (χ0n) is 11.7. The summed E-state index contributed by atoms with van der Waals surface area (Å²) in [5.41, 5.74) is 7.08. The number of Topliss-reactive ketones (excluding diaryl/α,β-unsaturated/α-hetero) is 1. The van der Waals surface area contributed by atoms with Crippen molar-refractivity contribution in [1.29, 1.82) is 0 Å². The maximum absolute atomic E-state index is 12.3. The lowest BCUT2D eigenvalue weighted by molar-refractivity contribution is 0.0943. The van der Waals surface area contributed by atoms with Gasteiger partial charge in [0.1, 0.15) is 0 Å². The number of benzene rings is 1. The van der Waals surface area contributed by atoms with Gasteiger partial charge in [0.2, 0.25) is 0 Å². The first-order valence-electron chi connectivity index (χ1n) is 7.32. The van der Waals surface area contributed by atoms with Gasteiger partial charge in [-0.15, -0.1) is 0 Å². The van der Waals surface area contributed by atoms with Crippen LogP contribution in [0.5, 0.6) is 0 Å². The summed E-state index contributed by atoms with van der Waals surface area (Å²) in [5.74, 6) is 0.157. The van der Waals surface area contributed by atoms with Crippen LogP contribution in [0, 0.1) is 0 Å². The van der Waals surface area contributed by atoms with E-state index in [0.717, 1.165) is 5.56 Å². The van der Waals surface area contributed by atoms with E-state index in [-0.39, 0.29) is 11.8 Å². The van der Waals surface area contributed by atoms with Crippen LogP contribution in [0.3, 0.4) is 0 Å². The normalized spacial score (nSPS) is 18.8. The van der Waals surface area contributed by atoms with Crippen LogP contribution in [-0.2, 0) is 0 Å². The first kappa shape index (κ1) is 14.1. The lowest BCUT2D eigenvalue weighted by atomic mass is 10.0. The first-order chi connectivity index (χ1) is 9.16. The highest BCUT2D eigenvalue weighted by Gasteiger charge is 2.19. The third kappa shape index (κ3) is 4.06. The fourth-order valence-corrected chi connectivity index (χ4v) is 2.77. The van der Waals surface area contributed by atoms with Gasteiger partial charge >= 0.3 is 0 Å². The average molecular weight is 260 g/mol. The monoisotopic (exact) mass is 260 g/mol. The lowest BCUT2D eigenvalue weighted by Crippen LogP contribution is -2.41. The molecule has 0 aromatic heterocycles. The van der Waals surface area contributed by atoms with Crippen molar-refractivity contribution in [2.75, 3.05) is 5.73 Å². The molecule has 0 bridgehead atoms. The number of hydrogen-bond acceptors (Lipinski definition) is 3. The van der Waals surface area contributed by atoms with E-state index in [1.54, 1.807) is 12.1 Å². The Morgan fingerprint density at radius 1 is 1.16 bits per heavy atom. The molecule has 2 rings (SSSR count). The maximum Gasteiger partial charge on any atom is 0.179 e. The molecule has 0 radical (unpaired) electrons. The smallest absolute Gasteiger partial charge is 0.179 e. The number of ketones is 1. The third-order valence-corrected chi connectivity index (χ3v) is 3.93. The van der Waals surface area contributed by atoms with Crippen molar-refractivity contribution < 1.29 is 4.79 Å². The van der Waals surface area contributed by atoms with Crippen LogP contribution in [0.4, 0.5) is 5.69 Å². The van der Waals surface area contributed by atoms with E-state index in [0.29, 0.717) is 11.7 Å². The largest absolute Gasteiger partial charge is 0.399 e. The van der Waals surface area contributed by atoms with Gasteiger partial charge in [0.05, 0.1) is 6.04 Å². The molecular weight excluding hydrogens is 236 g/mol. The molecule has 1 fully saturated rings. The fraction of sp³-hybridized carbons (Fsp3) is 0.562. The van der Waals surface area contributed by atoms with E-state index in [4.69, 9.17) is 5.73 Å². The molecule has 0 aliphatic heterocycles. The van der Waals surface area contributed by atoms with E-state index >= 15 is 0 Å². The number of nitrogen functional groups attached to an aromatic ring is 1. The minimum absolute atomic E-state index is 0.119. The molecule has 1 aromatic carbocycles. The summed E-state index contributed by atoms with van der Waals surface area (Å²) in [7, 11) is 0. The molecule has 1 saturated carbocycles. The van der Waals surface area contributed by atoms with Crippen molar-refractivity contribution in [3.63, 3.8) is 0 Å². The van der Waals surface area contributed by atoms with Gasteiger partial charge in [0.15, 0.2) is 5.78 Å². The van der Waals surface area contributed by atoms with Crippen LogP contribution in [-0.4, -0.2) is 17.9 Å². The van der Waals surface area contributed by atoms with Crippen LogP contribution < -0.4 is 11.1 Å². The van der Waals surface area contributed by atoms with Crippen molar-refractivity contribution in [3.8, 4) is 0 Å². The van der Waals surface area contributed by atoms with E-state index in [2.05, 4.69) is 5.32 Å². The number of hydrogen-bond donors (Lipinski definition) is 2. The Balaban J connectivity index is 1.92. The van der Waals surface area contributed by atoms with E-state index < -0.39 is 0 Å². The predicted molar refractivity (Wildman–Crippen MR) is 79.3 cm³/mol. The number of nitrogens with one attached hydrogen (secondary N) is 1. The molecule has 1 atom stereocenters. The topological polar surface area (TPSA) is 55.1 Å². The Hall–Kier alpha value is -1.35. The Morgan fingerprint density at radius 3 is 2.32 bits per heavy atom. The number of carbonyl (C=O) groups excluding carboxylic acids is 1. The van der Waals surface area contributed by atoms with Gasteiger partial charge in [0, 0.05) is 17.3 Å². The fourth-order valence-electron chi connectivity index (χ4n) is 2.77. The predicted octanol–water partition coefficient (Wildman–Crippen LogP) is 3.15. The summed E-state index contributed by atoms with van der Waals surface area (Å²) in [5, 5.41) is 3.49. The minimum atomic E-state index is -0.119. The molecule has 1 aromatic rings. The summed E-state index contributed by atoms with van der Waals surface area (Å²) in [6, 6.07) is 7.56. The Labute approximate surface area is 115 Å². The zero-order valence-corrected chi connectivity index (χ0v) is 11.7. The van der Waals surface area contributed by atoms with Gasteiger partial charge in [0.25, 0.3) is 0 Å². The summed E-state index contributed by atoms with van der Waals surface area (Å²) >= 11 is 0. The minimum Gasteiger partial charge on any atom is -0.399 e. The second-order valence-corrected chi connectivity index (χ2v) is 5.56. The van der Waals surface area contributed by atoms with E-state index in [1.165, 1.54) is 38.5 Å². The van der Waals surface area contributed by atoms with Crippen LogP contribution >= 0.6 is 0 Å². The molecule has 104 valence electrons. The second-order valence-electron chi connectivity index (χ2n) is 5.56. The molecule has 0 heterocycles. The molecule has 0 amide bonds. The molecule has 0 spiro atoms. The van der Waals surface area contributed by atoms with Crippen molar-refractivity contribution in [1.82, 2.24) is 5.32 Å². The van der Waals surface area contributed by atoms with Gasteiger partial charge in [-0.05, 0) is 44.0 Å². The van der Waals surface area contributed by atoms with Gasteiger partial charge in [-0.1, -0.05) is 25.7 Å². The Morgan fingerprint density at radius 2 is 1.74 bits per heavy atom. The van der Waals surface area contributed by atoms with Crippen molar-refractivity contribution in [3.05, 3.63) is 29.8 Å². The van der Waals surface area contributed by atoms with Gasteiger partial charge < -0.3 is 11.1 Å². The maximum atomic E-state index is 12.3. The molecule has 1 aliphatic rings. The Bertz CT molecular complexity index is 405. The van der Waals surface area contributed by atoms with Gasteiger partial charge in [-0.25, -0.2) is 0 Å². The molecule has 1 unspecified atom stereocenters. The van der Waals surface area contributed by atoms with E-state index in [1.807, 2.05) is 19.1 Å². The van der Waals surface area contributed by atoms with Crippen molar-refractivity contribution >= 4 is 11.5 Å². The van der Waals surface area contributed by atoms with Gasteiger partial charge in [-0.2, -0.15) is 0 Å². The highest BCUT2D eigenvalue weighted by atomic mass is 16.1. The average Bonchev–Trinajstić information content (AvgIpc) is 2.67. The number of anilines is 1. The molecule has 3 nitrogen and oxygen atoms in total. The standard InChI is InChI=1S/C16H24N2O/c1-12(18-15-6-4-2-3-5-7-15)16(19)13-8-10-14(17)11-9-13/h8-12,15,18H,2-7,17H2,1H3. The number of rotatable bonds is 4. The molecule has 1 aliphatic carbocycles. The summed E-state index contributed by atoms with van der Waals surface area (Å²) < 4.78 is 0. The summed E-state index contributed by atoms with van der Waals surface area (Å²) in [6.07, 6.45) is 7.61. The Kier molecular flexibility index (Phi) is 4.97. The number of carbonyl (C=O) groups is 1. The third-order valence-electron chi connectivity index (χ3n) is 3.93. The van der Waals surface area contributed by atoms with E-state index in [9.17, 15) is 4.79 Å². The van der Waals surface area contributed by atoms with Crippen LogP contribution in [0.2, 0.25) is 0 Å². The van der Waals surface area contributed by atoms with Crippen LogP contribution in [0.1, 0.15) is 55.8 Å². The van der Waals surface area contributed by atoms with Gasteiger partial charge in [-0.3, -0.25) is 4.79 Å². The molecule has 3 N–H and O–H groups in total. The zero-order chi connectivity index (χ0) is 13.7. The molecule has 19 heavy (non-hydrogen) atoms. The lowest BCUT2D eigenvalue weighted by Gasteiger charge is -2.21. The quantitative estimate of drug-likeness (QED) is 0.497. The summed E-state index contributed by atoms with van der Waals surface area (Å²) in [4.78, 5) is 12.3. The molecular formula is C16H24N2O. The first-order valence-corrected chi connectivity index (χ1v) is 7.32. The van der Waals surface area contributed by atoms with Crippen molar-refractivity contribution in [2.24, 2.45) is 0 Å².